The highest BCUT2D eigenvalue weighted by atomic mass is 16.5. The standard InChI is InChI=1S/C16H21N3O3/c1-10-12(11(2)19-18-10)8-9-17-16(20)15-13(21-3)6-5-7-14(15)22-4/h5-7H,8-9H2,1-4H3,(H,17,20)(H,18,19). The molecule has 1 aromatic heterocycles. The maximum Gasteiger partial charge on any atom is 0.258 e. The van der Waals surface area contributed by atoms with Crippen molar-refractivity contribution in [2.24, 2.45) is 0 Å². The number of amides is 1. The summed E-state index contributed by atoms with van der Waals surface area (Å²) in [6.45, 7) is 4.44. The summed E-state index contributed by atoms with van der Waals surface area (Å²) in [4.78, 5) is 12.4. The van der Waals surface area contributed by atoms with Crippen LogP contribution in [0.15, 0.2) is 18.2 Å². The summed E-state index contributed by atoms with van der Waals surface area (Å²) >= 11 is 0. The quantitative estimate of drug-likeness (QED) is 0.856. The molecule has 6 heteroatoms. The topological polar surface area (TPSA) is 76.2 Å². The van der Waals surface area contributed by atoms with E-state index in [1.807, 2.05) is 13.8 Å². The van der Waals surface area contributed by atoms with Crippen molar-refractivity contribution in [1.82, 2.24) is 15.5 Å². The molecule has 6 nitrogen and oxygen atoms in total. The van der Waals surface area contributed by atoms with Crippen molar-refractivity contribution in [2.75, 3.05) is 20.8 Å². The molecule has 2 N–H and O–H groups in total. The number of carbonyl (C=O) groups excluding carboxylic acids is 1. The lowest BCUT2D eigenvalue weighted by molar-refractivity contribution is 0.0948. The van der Waals surface area contributed by atoms with Crippen molar-refractivity contribution >= 4 is 5.91 Å². The van der Waals surface area contributed by atoms with Crippen LogP contribution in [0.1, 0.15) is 27.3 Å². The van der Waals surface area contributed by atoms with Crippen molar-refractivity contribution in [2.45, 2.75) is 20.3 Å². The molecule has 0 bridgehead atoms. The zero-order valence-electron chi connectivity index (χ0n) is 13.3. The average Bonchev–Trinajstić information content (AvgIpc) is 2.85. The van der Waals surface area contributed by atoms with Crippen molar-refractivity contribution in [3.8, 4) is 11.5 Å². The molecule has 118 valence electrons. The molecule has 0 spiro atoms. The molecule has 1 amide bonds. The minimum absolute atomic E-state index is 0.215. The van der Waals surface area contributed by atoms with Gasteiger partial charge in [0, 0.05) is 12.2 Å². The minimum atomic E-state index is -0.215. The van der Waals surface area contributed by atoms with E-state index in [-0.39, 0.29) is 5.91 Å². The number of hydrogen-bond acceptors (Lipinski definition) is 4. The largest absolute Gasteiger partial charge is 0.496 e. The van der Waals surface area contributed by atoms with Gasteiger partial charge in [-0.05, 0) is 38.0 Å². The van der Waals surface area contributed by atoms with E-state index in [0.717, 1.165) is 23.4 Å². The van der Waals surface area contributed by atoms with E-state index in [1.165, 1.54) is 14.2 Å². The van der Waals surface area contributed by atoms with Crippen molar-refractivity contribution in [1.29, 1.82) is 0 Å². The van der Waals surface area contributed by atoms with Gasteiger partial charge in [-0.3, -0.25) is 9.89 Å². The molecule has 0 aliphatic carbocycles. The Morgan fingerprint density at radius 3 is 2.36 bits per heavy atom. The average molecular weight is 303 g/mol. The van der Waals surface area contributed by atoms with E-state index >= 15 is 0 Å². The van der Waals surface area contributed by atoms with Crippen LogP contribution in [0.3, 0.4) is 0 Å². The van der Waals surface area contributed by atoms with Gasteiger partial charge in [0.15, 0.2) is 0 Å². The number of rotatable bonds is 6. The SMILES string of the molecule is COc1cccc(OC)c1C(=O)NCCc1c(C)n[nH]c1C. The lowest BCUT2D eigenvalue weighted by atomic mass is 10.1. The van der Waals surface area contributed by atoms with Crippen LogP contribution >= 0.6 is 0 Å². The molecule has 2 aromatic rings. The Bertz CT molecular complexity index is 623. The van der Waals surface area contributed by atoms with Crippen molar-refractivity contribution in [3.63, 3.8) is 0 Å². The fourth-order valence-corrected chi connectivity index (χ4v) is 2.41. The van der Waals surface area contributed by atoms with Crippen LogP contribution in [-0.4, -0.2) is 36.9 Å². The van der Waals surface area contributed by atoms with Gasteiger partial charge < -0.3 is 14.8 Å². The Morgan fingerprint density at radius 2 is 1.86 bits per heavy atom. The van der Waals surface area contributed by atoms with Crippen molar-refractivity contribution in [3.05, 3.63) is 40.7 Å². The number of H-pyrrole nitrogens is 1. The normalized spacial score (nSPS) is 10.4. The highest BCUT2D eigenvalue weighted by Crippen LogP contribution is 2.27. The van der Waals surface area contributed by atoms with Gasteiger partial charge in [-0.1, -0.05) is 6.07 Å². The number of aromatic amines is 1. The summed E-state index contributed by atoms with van der Waals surface area (Å²) in [6.07, 6.45) is 0.720. The number of aromatic nitrogens is 2. The summed E-state index contributed by atoms with van der Waals surface area (Å²) in [5.74, 6) is 0.771. The third kappa shape index (κ3) is 3.21. The molecule has 0 saturated heterocycles. The van der Waals surface area contributed by atoms with Gasteiger partial charge in [0.25, 0.3) is 5.91 Å². The predicted octanol–water partition coefficient (Wildman–Crippen LogP) is 2.02. The molecule has 2 rings (SSSR count). The molecule has 1 aromatic carbocycles. The Labute approximate surface area is 129 Å². The first-order valence-corrected chi connectivity index (χ1v) is 7.08. The van der Waals surface area contributed by atoms with Gasteiger partial charge in [-0.15, -0.1) is 0 Å². The molecular weight excluding hydrogens is 282 g/mol. The monoisotopic (exact) mass is 303 g/mol. The number of benzene rings is 1. The summed E-state index contributed by atoms with van der Waals surface area (Å²) in [7, 11) is 3.06. The maximum atomic E-state index is 12.4. The van der Waals surface area contributed by atoms with Crippen LogP contribution in [0.2, 0.25) is 0 Å². The summed E-state index contributed by atoms with van der Waals surface area (Å²) in [5, 5.41) is 9.99. The molecule has 0 atom stereocenters. The number of nitrogens with one attached hydrogen (secondary N) is 2. The first-order chi connectivity index (χ1) is 10.6. The van der Waals surface area contributed by atoms with Crippen LogP contribution < -0.4 is 14.8 Å². The molecule has 0 aliphatic rings. The number of aryl methyl sites for hydroxylation is 2. The summed E-state index contributed by atoms with van der Waals surface area (Å²) in [5.41, 5.74) is 3.53. The van der Waals surface area contributed by atoms with E-state index in [9.17, 15) is 4.79 Å². The third-order valence-electron chi connectivity index (χ3n) is 3.60. The molecule has 22 heavy (non-hydrogen) atoms. The van der Waals surface area contributed by atoms with E-state index < -0.39 is 0 Å². The fourth-order valence-electron chi connectivity index (χ4n) is 2.41. The zero-order chi connectivity index (χ0) is 16.1. The van der Waals surface area contributed by atoms with Crippen LogP contribution in [-0.2, 0) is 6.42 Å². The first-order valence-electron chi connectivity index (χ1n) is 7.08. The molecule has 0 fully saturated rings. The number of hydrogen-bond donors (Lipinski definition) is 2. The highest BCUT2D eigenvalue weighted by Gasteiger charge is 2.18. The molecular formula is C16H21N3O3. The number of nitrogens with zero attached hydrogens (tertiary/aromatic N) is 1. The second-order valence-corrected chi connectivity index (χ2v) is 4.96. The van der Waals surface area contributed by atoms with Crippen LogP contribution in [0.5, 0.6) is 11.5 Å². The second-order valence-electron chi connectivity index (χ2n) is 4.96. The van der Waals surface area contributed by atoms with E-state index in [1.54, 1.807) is 18.2 Å². The molecule has 0 saturated carbocycles. The molecule has 0 unspecified atom stereocenters. The molecule has 1 heterocycles. The number of methoxy groups -OCH3 is 2. The van der Waals surface area contributed by atoms with E-state index in [4.69, 9.17) is 9.47 Å². The van der Waals surface area contributed by atoms with Gasteiger partial charge in [-0.2, -0.15) is 5.10 Å². The van der Waals surface area contributed by atoms with Crippen LogP contribution in [0.25, 0.3) is 0 Å². The maximum absolute atomic E-state index is 12.4. The van der Waals surface area contributed by atoms with Gasteiger partial charge in [0.05, 0.1) is 19.9 Å². The predicted molar refractivity (Wildman–Crippen MR) is 83.6 cm³/mol. The fraction of sp³-hybridized carbons (Fsp3) is 0.375. The number of ether oxygens (including phenoxy) is 2. The van der Waals surface area contributed by atoms with Crippen molar-refractivity contribution < 1.29 is 14.3 Å². The number of carbonyl (C=O) groups is 1. The van der Waals surface area contributed by atoms with Gasteiger partial charge >= 0.3 is 0 Å². The first kappa shape index (κ1) is 15.9. The molecule has 0 radical (unpaired) electrons. The van der Waals surface area contributed by atoms with Crippen LogP contribution in [0.4, 0.5) is 0 Å². The van der Waals surface area contributed by atoms with E-state index in [0.29, 0.717) is 23.6 Å². The Hall–Kier alpha value is -2.50. The van der Waals surface area contributed by atoms with Gasteiger partial charge in [-0.25, -0.2) is 0 Å². The Morgan fingerprint density at radius 1 is 1.23 bits per heavy atom. The third-order valence-corrected chi connectivity index (χ3v) is 3.60. The summed E-state index contributed by atoms with van der Waals surface area (Å²) < 4.78 is 10.5. The lowest BCUT2D eigenvalue weighted by Gasteiger charge is -2.13. The Kier molecular flexibility index (Phi) is 5.04. The van der Waals surface area contributed by atoms with Gasteiger partial charge in [0.1, 0.15) is 17.1 Å². The second kappa shape index (κ2) is 6.98. The highest BCUT2D eigenvalue weighted by molar-refractivity contribution is 5.99. The minimum Gasteiger partial charge on any atom is -0.496 e. The smallest absolute Gasteiger partial charge is 0.258 e. The van der Waals surface area contributed by atoms with Crippen LogP contribution in [0, 0.1) is 13.8 Å². The lowest BCUT2D eigenvalue weighted by Crippen LogP contribution is -2.26. The molecule has 0 aliphatic heterocycles. The van der Waals surface area contributed by atoms with E-state index in [2.05, 4.69) is 15.5 Å². The Balaban J connectivity index is 2.07. The zero-order valence-corrected chi connectivity index (χ0v) is 13.3. The summed E-state index contributed by atoms with van der Waals surface area (Å²) in [6, 6.07) is 5.26. The van der Waals surface area contributed by atoms with Gasteiger partial charge in [0.2, 0.25) is 0 Å².